The molecule has 154 valence electrons. The first kappa shape index (κ1) is 21.6. The van der Waals surface area contributed by atoms with Crippen LogP contribution in [0.3, 0.4) is 0 Å². The first-order chi connectivity index (χ1) is 14.1. The number of nitriles is 1. The molecule has 3 rings (SSSR count). The summed E-state index contributed by atoms with van der Waals surface area (Å²) in [6.07, 6.45) is 0.665. The van der Waals surface area contributed by atoms with E-state index in [9.17, 15) is 4.79 Å². The van der Waals surface area contributed by atoms with Gasteiger partial charge in [0.1, 0.15) is 6.07 Å². The normalized spacial score (nSPS) is 11.2. The van der Waals surface area contributed by atoms with Gasteiger partial charge < -0.3 is 5.32 Å². The second-order valence-corrected chi connectivity index (χ2v) is 8.83. The van der Waals surface area contributed by atoms with Crippen molar-refractivity contribution in [2.45, 2.75) is 46.6 Å². The molecule has 0 aliphatic heterocycles. The number of benzene rings is 2. The van der Waals surface area contributed by atoms with Crippen molar-refractivity contribution < 1.29 is 4.79 Å². The lowest BCUT2D eigenvalue weighted by molar-refractivity contribution is 0.0919. The highest BCUT2D eigenvalue weighted by Crippen LogP contribution is 2.24. The first-order valence-electron chi connectivity index (χ1n) is 9.75. The van der Waals surface area contributed by atoms with E-state index in [1.54, 1.807) is 12.1 Å². The smallest absolute Gasteiger partial charge is 0.251 e. The molecule has 0 aliphatic rings. The van der Waals surface area contributed by atoms with Gasteiger partial charge >= 0.3 is 0 Å². The number of amides is 1. The van der Waals surface area contributed by atoms with Gasteiger partial charge in [-0.2, -0.15) is 10.4 Å². The fraction of sp³-hybridized carbons (Fsp3) is 0.292. The number of rotatable bonds is 4. The van der Waals surface area contributed by atoms with Gasteiger partial charge in [-0.1, -0.05) is 23.7 Å². The number of hydrogen-bond donors (Lipinski definition) is 1. The van der Waals surface area contributed by atoms with Gasteiger partial charge in [0.05, 0.1) is 22.0 Å². The van der Waals surface area contributed by atoms with Crippen LogP contribution in [0.25, 0.3) is 5.69 Å². The van der Waals surface area contributed by atoms with Crippen molar-refractivity contribution in [3.05, 3.63) is 81.1 Å². The van der Waals surface area contributed by atoms with Crippen LogP contribution in [0.4, 0.5) is 0 Å². The summed E-state index contributed by atoms with van der Waals surface area (Å²) in [5.41, 5.74) is 5.66. The minimum absolute atomic E-state index is 0.0827. The van der Waals surface area contributed by atoms with E-state index in [0.717, 1.165) is 28.2 Å². The largest absolute Gasteiger partial charge is 0.347 e. The van der Waals surface area contributed by atoms with Gasteiger partial charge in [0, 0.05) is 28.8 Å². The third kappa shape index (κ3) is 4.72. The zero-order chi connectivity index (χ0) is 22.1. The second-order valence-electron chi connectivity index (χ2n) is 8.42. The van der Waals surface area contributed by atoms with E-state index in [4.69, 9.17) is 16.9 Å². The molecule has 0 saturated carbocycles. The summed E-state index contributed by atoms with van der Waals surface area (Å²) in [6, 6.07) is 15.0. The number of aryl methyl sites for hydroxylation is 1. The van der Waals surface area contributed by atoms with E-state index in [1.807, 2.05) is 69.6 Å². The Balaban J connectivity index is 1.90. The average Bonchev–Trinajstić information content (AvgIpc) is 2.95. The Kier molecular flexibility index (Phi) is 6.00. The minimum atomic E-state index is -0.288. The van der Waals surface area contributed by atoms with Gasteiger partial charge in [0.15, 0.2) is 0 Å². The topological polar surface area (TPSA) is 70.7 Å². The fourth-order valence-electron chi connectivity index (χ4n) is 3.35. The Hall–Kier alpha value is -3.10. The van der Waals surface area contributed by atoms with Crippen molar-refractivity contribution in [2.75, 3.05) is 0 Å². The van der Waals surface area contributed by atoms with Gasteiger partial charge in [0.25, 0.3) is 5.91 Å². The number of hydrogen-bond acceptors (Lipinski definition) is 3. The summed E-state index contributed by atoms with van der Waals surface area (Å²) in [4.78, 5) is 12.5. The Labute approximate surface area is 182 Å². The molecule has 0 fully saturated rings. The second kappa shape index (κ2) is 8.33. The standard InChI is InChI=1S/C24H25ClN4O/c1-15-21(12-17-7-6-8-18(11-17)23(30)27-24(3,4)5)16(2)29(28-15)20-10-9-19(14-26)22(25)13-20/h6-11,13H,12H2,1-5H3,(H,27,30). The summed E-state index contributed by atoms with van der Waals surface area (Å²) < 4.78 is 1.84. The summed E-state index contributed by atoms with van der Waals surface area (Å²) >= 11 is 6.20. The number of carbonyl (C=O) groups excluding carboxylic acids is 1. The molecule has 2 aromatic carbocycles. The summed E-state index contributed by atoms with van der Waals surface area (Å²) in [6.45, 7) is 9.87. The highest BCUT2D eigenvalue weighted by molar-refractivity contribution is 6.31. The molecule has 0 radical (unpaired) electrons. The quantitative estimate of drug-likeness (QED) is 0.635. The molecule has 3 aromatic rings. The monoisotopic (exact) mass is 420 g/mol. The van der Waals surface area contributed by atoms with Crippen molar-refractivity contribution in [2.24, 2.45) is 0 Å². The van der Waals surface area contributed by atoms with E-state index in [2.05, 4.69) is 16.5 Å². The average molecular weight is 421 g/mol. The molecule has 1 amide bonds. The summed E-state index contributed by atoms with van der Waals surface area (Å²) in [5, 5.41) is 17.2. The van der Waals surface area contributed by atoms with Crippen LogP contribution in [0.5, 0.6) is 0 Å². The molecule has 0 unspecified atom stereocenters. The molecule has 1 heterocycles. The van der Waals surface area contributed by atoms with Gasteiger partial charge in [-0.05, 0) is 70.5 Å². The maximum Gasteiger partial charge on any atom is 0.251 e. The lowest BCUT2D eigenvalue weighted by Gasteiger charge is -2.20. The molecular formula is C24H25ClN4O. The molecule has 0 spiro atoms. The number of nitrogens with zero attached hydrogens (tertiary/aromatic N) is 3. The molecule has 0 saturated heterocycles. The Morgan fingerprint density at radius 3 is 2.57 bits per heavy atom. The van der Waals surface area contributed by atoms with Crippen LogP contribution in [0.15, 0.2) is 42.5 Å². The van der Waals surface area contributed by atoms with Crippen LogP contribution in [0.1, 0.15) is 59.2 Å². The molecule has 1 N–H and O–H groups in total. The van der Waals surface area contributed by atoms with E-state index in [1.165, 1.54) is 0 Å². The van der Waals surface area contributed by atoms with Gasteiger partial charge in [-0.25, -0.2) is 4.68 Å². The van der Waals surface area contributed by atoms with Gasteiger partial charge in [-0.3, -0.25) is 4.79 Å². The lowest BCUT2D eigenvalue weighted by Crippen LogP contribution is -2.40. The number of nitrogens with one attached hydrogen (secondary N) is 1. The first-order valence-corrected chi connectivity index (χ1v) is 10.1. The zero-order valence-electron chi connectivity index (χ0n) is 17.9. The third-order valence-corrected chi connectivity index (χ3v) is 5.13. The highest BCUT2D eigenvalue weighted by Gasteiger charge is 2.17. The number of aromatic nitrogens is 2. The van der Waals surface area contributed by atoms with Crippen molar-refractivity contribution in [1.82, 2.24) is 15.1 Å². The Morgan fingerprint density at radius 1 is 1.20 bits per heavy atom. The van der Waals surface area contributed by atoms with E-state index in [0.29, 0.717) is 22.6 Å². The van der Waals surface area contributed by atoms with E-state index in [-0.39, 0.29) is 11.4 Å². The Bertz CT molecular complexity index is 1150. The fourth-order valence-corrected chi connectivity index (χ4v) is 3.57. The predicted molar refractivity (Wildman–Crippen MR) is 119 cm³/mol. The maximum atomic E-state index is 12.5. The van der Waals surface area contributed by atoms with Crippen LogP contribution in [-0.2, 0) is 6.42 Å². The van der Waals surface area contributed by atoms with Crippen molar-refractivity contribution in [3.63, 3.8) is 0 Å². The van der Waals surface area contributed by atoms with Crippen LogP contribution in [0.2, 0.25) is 5.02 Å². The minimum Gasteiger partial charge on any atom is -0.347 e. The molecular weight excluding hydrogens is 396 g/mol. The lowest BCUT2D eigenvalue weighted by atomic mass is 10.0. The van der Waals surface area contributed by atoms with Gasteiger partial charge in [0.2, 0.25) is 0 Å². The summed E-state index contributed by atoms with van der Waals surface area (Å²) in [5.74, 6) is -0.0827. The van der Waals surface area contributed by atoms with E-state index >= 15 is 0 Å². The van der Waals surface area contributed by atoms with Crippen LogP contribution < -0.4 is 5.32 Å². The highest BCUT2D eigenvalue weighted by atomic mass is 35.5. The number of carbonyl (C=O) groups is 1. The molecule has 1 aromatic heterocycles. The molecule has 0 aliphatic carbocycles. The Morgan fingerprint density at radius 2 is 1.93 bits per heavy atom. The molecule has 0 bridgehead atoms. The van der Waals surface area contributed by atoms with E-state index < -0.39 is 0 Å². The van der Waals surface area contributed by atoms with Crippen molar-refractivity contribution in [1.29, 1.82) is 5.26 Å². The maximum absolute atomic E-state index is 12.5. The van der Waals surface area contributed by atoms with Gasteiger partial charge in [-0.15, -0.1) is 0 Å². The molecule has 6 heteroatoms. The molecule has 5 nitrogen and oxygen atoms in total. The van der Waals surface area contributed by atoms with Crippen molar-refractivity contribution >= 4 is 17.5 Å². The third-order valence-electron chi connectivity index (χ3n) is 4.82. The van der Waals surface area contributed by atoms with Crippen LogP contribution in [0, 0.1) is 25.2 Å². The van der Waals surface area contributed by atoms with Crippen LogP contribution >= 0.6 is 11.6 Å². The molecule has 30 heavy (non-hydrogen) atoms. The SMILES string of the molecule is Cc1nn(-c2ccc(C#N)c(Cl)c2)c(C)c1Cc1cccc(C(=O)NC(C)(C)C)c1. The predicted octanol–water partition coefficient (Wildman–Crippen LogP) is 5.13. The number of halogens is 1. The van der Waals surface area contributed by atoms with Crippen molar-refractivity contribution in [3.8, 4) is 11.8 Å². The molecule has 0 atom stereocenters. The van der Waals surface area contributed by atoms with Crippen LogP contribution in [-0.4, -0.2) is 21.2 Å². The summed E-state index contributed by atoms with van der Waals surface area (Å²) in [7, 11) is 0. The zero-order valence-corrected chi connectivity index (χ0v) is 18.6.